The molecule has 0 spiro atoms. The minimum Gasteiger partial charge on any atom is -0.338 e. The molecule has 7 heteroatoms. The summed E-state index contributed by atoms with van der Waals surface area (Å²) < 4.78 is 37.8. The average Bonchev–Trinajstić information content (AvgIpc) is 3.05. The molecule has 1 aliphatic heterocycles. The number of amides is 1. The van der Waals surface area contributed by atoms with Gasteiger partial charge < -0.3 is 10.2 Å². The lowest BCUT2D eigenvalue weighted by Gasteiger charge is -2.31. The molecule has 1 amide bonds. The van der Waals surface area contributed by atoms with Crippen molar-refractivity contribution in [1.29, 1.82) is 0 Å². The molecule has 25 heavy (non-hydrogen) atoms. The van der Waals surface area contributed by atoms with Crippen molar-refractivity contribution in [3.05, 3.63) is 35.4 Å². The van der Waals surface area contributed by atoms with Gasteiger partial charge in [-0.2, -0.15) is 13.2 Å². The van der Waals surface area contributed by atoms with Crippen LogP contribution in [0.15, 0.2) is 24.3 Å². The molecule has 0 aliphatic carbocycles. The van der Waals surface area contributed by atoms with E-state index in [1.54, 1.807) is 0 Å². The van der Waals surface area contributed by atoms with E-state index in [4.69, 9.17) is 0 Å². The Labute approximate surface area is 153 Å². The minimum atomic E-state index is -4.33. The van der Waals surface area contributed by atoms with E-state index in [2.05, 4.69) is 5.32 Å². The van der Waals surface area contributed by atoms with Gasteiger partial charge in [0.05, 0.1) is 5.56 Å². The zero-order valence-corrected chi connectivity index (χ0v) is 15.4. The molecule has 2 atom stereocenters. The van der Waals surface area contributed by atoms with Gasteiger partial charge >= 0.3 is 6.18 Å². The van der Waals surface area contributed by atoms with Gasteiger partial charge in [0.1, 0.15) is 0 Å². The molecular weight excluding hydrogens is 353 g/mol. The Balaban J connectivity index is 0.00000312. The zero-order valence-electron chi connectivity index (χ0n) is 14.6. The number of nitrogens with zero attached hydrogens (tertiary/aromatic N) is 1. The van der Waals surface area contributed by atoms with E-state index in [1.165, 1.54) is 12.1 Å². The molecule has 1 fully saturated rings. The predicted molar refractivity (Wildman–Crippen MR) is 94.8 cm³/mol. The van der Waals surface area contributed by atoms with E-state index < -0.39 is 11.7 Å². The van der Waals surface area contributed by atoms with Crippen molar-refractivity contribution < 1.29 is 18.0 Å². The van der Waals surface area contributed by atoms with Crippen molar-refractivity contribution in [2.24, 2.45) is 5.92 Å². The maximum Gasteiger partial charge on any atom is 0.416 e. The van der Waals surface area contributed by atoms with E-state index >= 15 is 0 Å². The maximum atomic E-state index is 12.8. The third kappa shape index (κ3) is 5.89. The summed E-state index contributed by atoms with van der Waals surface area (Å²) in [7, 11) is 0. The van der Waals surface area contributed by atoms with E-state index in [0.717, 1.165) is 50.2 Å². The van der Waals surface area contributed by atoms with Gasteiger partial charge in [0.15, 0.2) is 0 Å². The lowest BCUT2D eigenvalue weighted by molar-refractivity contribution is -0.138. The zero-order chi connectivity index (χ0) is 17.7. The number of hydrogen-bond acceptors (Lipinski definition) is 2. The first-order valence-electron chi connectivity index (χ1n) is 8.50. The first kappa shape index (κ1) is 21.8. The van der Waals surface area contributed by atoms with Crippen LogP contribution in [0.25, 0.3) is 0 Å². The van der Waals surface area contributed by atoms with Gasteiger partial charge in [-0.1, -0.05) is 26.0 Å². The van der Waals surface area contributed by atoms with Crippen molar-refractivity contribution in [1.82, 2.24) is 10.2 Å². The van der Waals surface area contributed by atoms with Crippen LogP contribution in [0.1, 0.15) is 37.8 Å². The van der Waals surface area contributed by atoms with E-state index in [0.29, 0.717) is 6.42 Å². The molecule has 1 aromatic rings. The number of nitrogens with one attached hydrogen (secondary N) is 1. The molecule has 0 saturated carbocycles. The number of rotatable bonds is 6. The van der Waals surface area contributed by atoms with E-state index in [9.17, 15) is 18.0 Å². The Bertz CT molecular complexity index is 542. The average molecular weight is 379 g/mol. The van der Waals surface area contributed by atoms with Crippen LogP contribution in [-0.2, 0) is 17.4 Å². The third-order valence-electron chi connectivity index (χ3n) is 4.47. The molecule has 1 N–H and O–H groups in total. The van der Waals surface area contributed by atoms with Crippen molar-refractivity contribution in [2.75, 3.05) is 19.6 Å². The van der Waals surface area contributed by atoms with Crippen molar-refractivity contribution in [2.45, 2.75) is 45.3 Å². The van der Waals surface area contributed by atoms with Crippen molar-refractivity contribution in [3.63, 3.8) is 0 Å². The molecule has 1 heterocycles. The number of halogens is 4. The molecule has 0 bridgehead atoms. The second-order valence-electron chi connectivity index (χ2n) is 6.48. The smallest absolute Gasteiger partial charge is 0.338 e. The fraction of sp³-hybridized carbons (Fsp3) is 0.611. The third-order valence-corrected chi connectivity index (χ3v) is 4.47. The quantitative estimate of drug-likeness (QED) is 0.814. The molecule has 1 aliphatic rings. The Kier molecular flexibility index (Phi) is 8.22. The van der Waals surface area contributed by atoms with Crippen LogP contribution in [0.2, 0.25) is 0 Å². The topological polar surface area (TPSA) is 32.3 Å². The monoisotopic (exact) mass is 378 g/mol. The Morgan fingerprint density at radius 3 is 2.44 bits per heavy atom. The summed E-state index contributed by atoms with van der Waals surface area (Å²) in [6.07, 6.45) is -2.02. The van der Waals surface area contributed by atoms with Gasteiger partial charge in [-0.25, -0.2) is 0 Å². The van der Waals surface area contributed by atoms with Gasteiger partial charge in [0, 0.05) is 25.0 Å². The van der Waals surface area contributed by atoms with Crippen LogP contribution in [-0.4, -0.2) is 36.5 Å². The molecule has 142 valence electrons. The Morgan fingerprint density at radius 1 is 1.32 bits per heavy atom. The second-order valence-corrected chi connectivity index (χ2v) is 6.48. The van der Waals surface area contributed by atoms with Gasteiger partial charge in [-0.3, -0.25) is 4.79 Å². The van der Waals surface area contributed by atoms with Crippen molar-refractivity contribution in [3.8, 4) is 0 Å². The van der Waals surface area contributed by atoms with Gasteiger partial charge in [0.2, 0.25) is 5.91 Å². The highest BCUT2D eigenvalue weighted by Gasteiger charge is 2.31. The SMILES string of the molecule is CCCN(C(=O)C(C)Cc1ccc(C(F)(F)F)cc1)C1CCNC1.Cl. The summed E-state index contributed by atoms with van der Waals surface area (Å²) in [4.78, 5) is 14.7. The normalized spacial score (nSPS) is 18.5. The first-order valence-corrected chi connectivity index (χ1v) is 8.50. The standard InChI is InChI=1S/C18H25F3N2O.ClH/c1-3-10-23(16-8-9-22-12-16)17(24)13(2)11-14-4-6-15(7-5-14)18(19,20)21;/h4-7,13,16,22H,3,8-12H2,1-2H3;1H. The van der Waals surface area contributed by atoms with Crippen LogP contribution >= 0.6 is 12.4 Å². The van der Waals surface area contributed by atoms with Crippen LogP contribution in [0.5, 0.6) is 0 Å². The lowest BCUT2D eigenvalue weighted by Crippen LogP contribution is -2.44. The number of carbonyl (C=O) groups is 1. The largest absolute Gasteiger partial charge is 0.416 e. The second kappa shape index (κ2) is 9.43. The van der Waals surface area contributed by atoms with Crippen LogP contribution in [0, 0.1) is 5.92 Å². The van der Waals surface area contributed by atoms with Gasteiger partial charge in [-0.05, 0) is 43.5 Å². The summed E-state index contributed by atoms with van der Waals surface area (Å²) in [5.41, 5.74) is 0.0970. The van der Waals surface area contributed by atoms with Crippen LogP contribution in [0.3, 0.4) is 0 Å². The molecule has 0 aromatic heterocycles. The summed E-state index contributed by atoms with van der Waals surface area (Å²) in [6.45, 7) is 6.36. The fourth-order valence-electron chi connectivity index (χ4n) is 3.17. The number of carbonyl (C=O) groups excluding carboxylic acids is 1. The molecule has 1 aromatic carbocycles. The van der Waals surface area contributed by atoms with E-state index in [-0.39, 0.29) is 30.3 Å². The number of hydrogen-bond donors (Lipinski definition) is 1. The first-order chi connectivity index (χ1) is 11.3. The molecule has 0 radical (unpaired) electrons. The number of benzene rings is 1. The summed E-state index contributed by atoms with van der Waals surface area (Å²) >= 11 is 0. The van der Waals surface area contributed by atoms with Gasteiger partial charge in [-0.15, -0.1) is 12.4 Å². The highest BCUT2D eigenvalue weighted by molar-refractivity contribution is 5.85. The van der Waals surface area contributed by atoms with Gasteiger partial charge in [0.25, 0.3) is 0 Å². The lowest BCUT2D eigenvalue weighted by atomic mass is 9.97. The molecule has 2 unspecified atom stereocenters. The highest BCUT2D eigenvalue weighted by Crippen LogP contribution is 2.29. The van der Waals surface area contributed by atoms with Crippen LogP contribution < -0.4 is 5.32 Å². The van der Waals surface area contributed by atoms with E-state index in [1.807, 2.05) is 18.7 Å². The predicted octanol–water partition coefficient (Wildman–Crippen LogP) is 3.91. The molecular formula is C18H26ClF3N2O. The highest BCUT2D eigenvalue weighted by atomic mass is 35.5. The van der Waals surface area contributed by atoms with Crippen LogP contribution in [0.4, 0.5) is 13.2 Å². The molecule has 2 rings (SSSR count). The maximum absolute atomic E-state index is 12.8. The summed E-state index contributed by atoms with van der Waals surface area (Å²) in [5, 5.41) is 3.27. The fourth-order valence-corrected chi connectivity index (χ4v) is 3.17. The van der Waals surface area contributed by atoms with Crippen molar-refractivity contribution >= 4 is 18.3 Å². The summed E-state index contributed by atoms with van der Waals surface area (Å²) in [6, 6.07) is 5.32. The molecule has 1 saturated heterocycles. The summed E-state index contributed by atoms with van der Waals surface area (Å²) in [5.74, 6) is -0.153. The Hall–Kier alpha value is -1.27. The molecule has 3 nitrogen and oxygen atoms in total. The Morgan fingerprint density at radius 2 is 1.96 bits per heavy atom. The minimum absolute atomic E-state index is 0. The number of alkyl halides is 3.